The molecule has 0 amide bonds. The summed E-state index contributed by atoms with van der Waals surface area (Å²) in [5.41, 5.74) is 0. The smallest absolute Gasteiger partial charge is 0.154 e. The zero-order chi connectivity index (χ0) is 9.02. The van der Waals surface area contributed by atoms with Gasteiger partial charge in [-0.25, -0.2) is 0 Å². The Labute approximate surface area is 67.7 Å². The average molecular weight is 162 g/mol. The van der Waals surface area contributed by atoms with Gasteiger partial charge in [0, 0.05) is 5.92 Å². The van der Waals surface area contributed by atoms with Gasteiger partial charge in [0.15, 0.2) is 6.29 Å². The van der Waals surface area contributed by atoms with Crippen LogP contribution in [0.4, 0.5) is 0 Å². The van der Waals surface area contributed by atoms with Crippen molar-refractivity contribution in [3.8, 4) is 0 Å². The van der Waals surface area contributed by atoms with E-state index >= 15 is 0 Å². The van der Waals surface area contributed by atoms with Crippen molar-refractivity contribution in [3.63, 3.8) is 0 Å². The van der Waals surface area contributed by atoms with E-state index in [0.717, 1.165) is 0 Å². The van der Waals surface area contributed by atoms with E-state index in [1.165, 1.54) is 0 Å². The van der Waals surface area contributed by atoms with Gasteiger partial charge >= 0.3 is 0 Å². The third-order valence-electron chi connectivity index (χ3n) is 2.32. The van der Waals surface area contributed by atoms with E-state index < -0.39 is 12.4 Å². The van der Waals surface area contributed by atoms with E-state index in [9.17, 15) is 5.11 Å². The highest BCUT2D eigenvalue weighted by Gasteiger charge is 2.23. The molecule has 0 aromatic heterocycles. The highest BCUT2D eigenvalue weighted by Crippen LogP contribution is 2.19. The van der Waals surface area contributed by atoms with Gasteiger partial charge in [0.2, 0.25) is 0 Å². The van der Waals surface area contributed by atoms with Crippen LogP contribution in [0.15, 0.2) is 0 Å². The molecule has 3 N–H and O–H groups in total. The second-order valence-electron chi connectivity index (χ2n) is 3.11. The van der Waals surface area contributed by atoms with Crippen molar-refractivity contribution in [2.75, 3.05) is 0 Å². The number of aliphatic hydroxyl groups excluding tert-OH is 2. The van der Waals surface area contributed by atoms with Gasteiger partial charge in [-0.05, 0) is 12.3 Å². The van der Waals surface area contributed by atoms with E-state index in [2.05, 4.69) is 0 Å². The predicted octanol–water partition coefficient (Wildman–Crippen LogP) is 0.340. The fraction of sp³-hybridized carbons (Fsp3) is 1.00. The summed E-state index contributed by atoms with van der Waals surface area (Å²) in [6.45, 7) is 5.41. The summed E-state index contributed by atoms with van der Waals surface area (Å²) in [7, 11) is 0. The van der Waals surface area contributed by atoms with Crippen LogP contribution in [-0.2, 0) is 0 Å². The minimum atomic E-state index is -1.33. The second kappa shape index (κ2) is 4.70. The molecule has 0 spiro atoms. The molecule has 0 saturated heterocycles. The number of hydrogen-bond acceptors (Lipinski definition) is 3. The maximum Gasteiger partial charge on any atom is 0.154 e. The SMILES string of the molecule is CCC(O)C(C)C(C)C(O)O. The molecule has 68 valence electrons. The average Bonchev–Trinajstić information content (AvgIpc) is 2.00. The Hall–Kier alpha value is -0.120. The zero-order valence-corrected chi connectivity index (χ0v) is 7.36. The summed E-state index contributed by atoms with van der Waals surface area (Å²) in [6.07, 6.45) is -1.11. The summed E-state index contributed by atoms with van der Waals surface area (Å²) in [5.74, 6) is -0.343. The number of rotatable bonds is 4. The Kier molecular flexibility index (Phi) is 4.65. The van der Waals surface area contributed by atoms with Crippen molar-refractivity contribution in [2.45, 2.75) is 39.6 Å². The Morgan fingerprint density at radius 3 is 1.73 bits per heavy atom. The highest BCUT2D eigenvalue weighted by molar-refractivity contribution is 4.69. The van der Waals surface area contributed by atoms with Gasteiger partial charge in [-0.2, -0.15) is 0 Å². The molecule has 0 saturated carbocycles. The van der Waals surface area contributed by atoms with Crippen LogP contribution < -0.4 is 0 Å². The van der Waals surface area contributed by atoms with Crippen LogP contribution in [0.25, 0.3) is 0 Å². The molecule has 0 radical (unpaired) electrons. The molecular formula is C8H18O3. The standard InChI is InChI=1S/C8H18O3/c1-4-7(9)5(2)6(3)8(10)11/h5-11H,4H2,1-3H3. The van der Waals surface area contributed by atoms with Crippen LogP contribution in [0.1, 0.15) is 27.2 Å². The summed E-state index contributed by atoms with van der Waals surface area (Å²) >= 11 is 0. The first-order chi connectivity index (χ1) is 5.00. The summed E-state index contributed by atoms with van der Waals surface area (Å²) in [4.78, 5) is 0. The first-order valence-electron chi connectivity index (χ1n) is 4.04. The summed E-state index contributed by atoms with van der Waals surface area (Å²) < 4.78 is 0. The Morgan fingerprint density at radius 1 is 1.00 bits per heavy atom. The third kappa shape index (κ3) is 3.18. The quantitative estimate of drug-likeness (QED) is 0.522. The Morgan fingerprint density at radius 2 is 1.45 bits per heavy atom. The molecule has 0 aromatic rings. The molecule has 3 atom stereocenters. The molecule has 3 nitrogen and oxygen atoms in total. The molecule has 3 heteroatoms. The van der Waals surface area contributed by atoms with Crippen molar-refractivity contribution in [1.82, 2.24) is 0 Å². The Bertz CT molecular complexity index is 104. The molecule has 0 bridgehead atoms. The molecule has 0 aliphatic heterocycles. The first kappa shape index (κ1) is 10.9. The zero-order valence-electron chi connectivity index (χ0n) is 7.36. The molecule has 0 aromatic carbocycles. The van der Waals surface area contributed by atoms with Gasteiger partial charge < -0.3 is 15.3 Å². The fourth-order valence-corrected chi connectivity index (χ4v) is 0.994. The Balaban J connectivity index is 3.90. The van der Waals surface area contributed by atoms with Crippen molar-refractivity contribution >= 4 is 0 Å². The lowest BCUT2D eigenvalue weighted by Gasteiger charge is -2.25. The second-order valence-corrected chi connectivity index (χ2v) is 3.11. The van der Waals surface area contributed by atoms with Gasteiger partial charge in [0.25, 0.3) is 0 Å². The van der Waals surface area contributed by atoms with Crippen molar-refractivity contribution in [3.05, 3.63) is 0 Å². The number of aliphatic hydroxyl groups is 3. The van der Waals surface area contributed by atoms with E-state index in [1.54, 1.807) is 6.92 Å². The van der Waals surface area contributed by atoms with E-state index in [1.807, 2.05) is 13.8 Å². The molecule has 0 fully saturated rings. The maximum atomic E-state index is 9.32. The summed E-state index contributed by atoms with van der Waals surface area (Å²) in [6, 6.07) is 0. The monoisotopic (exact) mass is 162 g/mol. The summed E-state index contributed by atoms with van der Waals surface area (Å²) in [5, 5.41) is 26.9. The van der Waals surface area contributed by atoms with Crippen molar-refractivity contribution in [2.24, 2.45) is 11.8 Å². The minimum absolute atomic E-state index is 0.0694. The molecule has 0 heterocycles. The largest absolute Gasteiger partial charge is 0.393 e. The van der Waals surface area contributed by atoms with Crippen molar-refractivity contribution in [1.29, 1.82) is 0 Å². The lowest BCUT2D eigenvalue weighted by molar-refractivity contribution is -0.107. The molecule has 0 rings (SSSR count). The lowest BCUT2D eigenvalue weighted by atomic mass is 9.89. The van der Waals surface area contributed by atoms with Crippen LogP contribution in [0.2, 0.25) is 0 Å². The van der Waals surface area contributed by atoms with Crippen LogP contribution in [0.5, 0.6) is 0 Å². The van der Waals surface area contributed by atoms with Gasteiger partial charge in [0.1, 0.15) is 0 Å². The number of hydrogen-bond donors (Lipinski definition) is 3. The van der Waals surface area contributed by atoms with Crippen molar-refractivity contribution < 1.29 is 15.3 Å². The third-order valence-corrected chi connectivity index (χ3v) is 2.32. The van der Waals surface area contributed by atoms with Crippen LogP contribution in [-0.4, -0.2) is 27.7 Å². The van der Waals surface area contributed by atoms with Gasteiger partial charge in [-0.3, -0.25) is 0 Å². The van der Waals surface area contributed by atoms with Crippen LogP contribution >= 0.6 is 0 Å². The molecule has 3 unspecified atom stereocenters. The highest BCUT2D eigenvalue weighted by atomic mass is 16.5. The topological polar surface area (TPSA) is 60.7 Å². The lowest BCUT2D eigenvalue weighted by Crippen LogP contribution is -2.31. The van der Waals surface area contributed by atoms with Crippen LogP contribution in [0.3, 0.4) is 0 Å². The fourth-order valence-electron chi connectivity index (χ4n) is 0.994. The van der Waals surface area contributed by atoms with E-state index in [4.69, 9.17) is 10.2 Å². The predicted molar refractivity (Wildman–Crippen MR) is 42.9 cm³/mol. The van der Waals surface area contributed by atoms with Crippen LogP contribution in [0, 0.1) is 11.8 Å². The normalized spacial score (nSPS) is 19.9. The van der Waals surface area contributed by atoms with Gasteiger partial charge in [-0.1, -0.05) is 20.8 Å². The minimum Gasteiger partial charge on any atom is -0.393 e. The van der Waals surface area contributed by atoms with E-state index in [-0.39, 0.29) is 11.8 Å². The molecule has 0 aliphatic carbocycles. The molecular weight excluding hydrogens is 144 g/mol. The molecule has 0 aliphatic rings. The van der Waals surface area contributed by atoms with E-state index in [0.29, 0.717) is 6.42 Å². The van der Waals surface area contributed by atoms with Gasteiger partial charge in [0.05, 0.1) is 6.10 Å². The van der Waals surface area contributed by atoms with Gasteiger partial charge in [-0.15, -0.1) is 0 Å². The first-order valence-corrected chi connectivity index (χ1v) is 4.04. The molecule has 11 heavy (non-hydrogen) atoms. The maximum absolute atomic E-state index is 9.32.